The smallest absolute Gasteiger partial charge is 0.341 e. The molecule has 3 aromatic carbocycles. The monoisotopic (exact) mass is 548 g/mol. The van der Waals surface area contributed by atoms with E-state index in [-0.39, 0.29) is 30.0 Å². The Morgan fingerprint density at radius 1 is 1.02 bits per heavy atom. The van der Waals surface area contributed by atoms with Gasteiger partial charge in [-0.25, -0.2) is 9.38 Å². The molecule has 0 amide bonds. The number of fused-ring (bicyclic) bond motifs is 4. The number of rotatable bonds is 4. The van der Waals surface area contributed by atoms with E-state index >= 15 is 4.39 Å². The molecule has 0 saturated heterocycles. The summed E-state index contributed by atoms with van der Waals surface area (Å²) >= 11 is 0. The summed E-state index contributed by atoms with van der Waals surface area (Å²) in [5.74, 6) is -0.277. The summed E-state index contributed by atoms with van der Waals surface area (Å²) in [5.41, 5.74) is 3.35. The van der Waals surface area contributed by atoms with Gasteiger partial charge in [-0.05, 0) is 48.9 Å². The first kappa shape index (κ1) is 26.1. The van der Waals surface area contributed by atoms with Crippen molar-refractivity contribution in [2.24, 2.45) is 4.99 Å². The van der Waals surface area contributed by atoms with E-state index in [4.69, 9.17) is 4.99 Å². The fraction of sp³-hybridized carbons (Fsp3) is 0.290. The number of ketones is 1. The van der Waals surface area contributed by atoms with Gasteiger partial charge in [0.2, 0.25) is 5.96 Å². The molecule has 0 spiro atoms. The van der Waals surface area contributed by atoms with E-state index in [0.29, 0.717) is 31.2 Å². The highest BCUT2D eigenvalue weighted by Crippen LogP contribution is 2.43. The minimum atomic E-state index is -4.55. The first-order chi connectivity index (χ1) is 19.2. The number of carbonyl (C=O) groups is 1. The number of benzene rings is 3. The van der Waals surface area contributed by atoms with Gasteiger partial charge in [0, 0.05) is 53.8 Å². The molecule has 4 aromatic rings. The molecule has 6 rings (SSSR count). The first-order valence-electron chi connectivity index (χ1n) is 13.3. The van der Waals surface area contributed by atoms with Crippen molar-refractivity contribution in [3.05, 3.63) is 94.9 Å². The SMILES string of the molecule is CCC(=O)CC1c2cccc(F)c2N=C(N2CCn3c(cc4c(C)cccc43)C2)N1c1cccc(C(F)(F)F)c1. The van der Waals surface area contributed by atoms with Crippen molar-refractivity contribution >= 4 is 34.0 Å². The van der Waals surface area contributed by atoms with E-state index in [2.05, 4.69) is 29.7 Å². The maximum absolute atomic E-state index is 15.2. The van der Waals surface area contributed by atoms with Gasteiger partial charge in [-0.15, -0.1) is 0 Å². The molecule has 206 valence electrons. The van der Waals surface area contributed by atoms with E-state index in [1.165, 1.54) is 12.1 Å². The molecular formula is C31H28F4N4O. The van der Waals surface area contributed by atoms with E-state index in [0.717, 1.165) is 34.3 Å². The van der Waals surface area contributed by atoms with Crippen LogP contribution in [-0.2, 0) is 24.1 Å². The molecule has 0 bridgehead atoms. The Morgan fingerprint density at radius 2 is 1.80 bits per heavy atom. The first-order valence-corrected chi connectivity index (χ1v) is 13.3. The van der Waals surface area contributed by atoms with Crippen LogP contribution in [0.25, 0.3) is 10.9 Å². The van der Waals surface area contributed by atoms with Crippen LogP contribution < -0.4 is 4.90 Å². The number of halogens is 4. The van der Waals surface area contributed by atoms with E-state index in [1.807, 2.05) is 11.0 Å². The summed E-state index contributed by atoms with van der Waals surface area (Å²) in [6, 6.07) is 17.2. The van der Waals surface area contributed by atoms with Gasteiger partial charge in [0.05, 0.1) is 18.2 Å². The summed E-state index contributed by atoms with van der Waals surface area (Å²) in [4.78, 5) is 21.2. The molecule has 0 aliphatic carbocycles. The Hall–Kier alpha value is -4.14. The Bertz CT molecular complexity index is 1660. The van der Waals surface area contributed by atoms with Gasteiger partial charge < -0.3 is 14.4 Å². The topological polar surface area (TPSA) is 40.8 Å². The lowest BCUT2D eigenvalue weighted by Gasteiger charge is -2.43. The number of Topliss-reactive ketones (excluding diaryl/α,β-unsaturated/α-hetero) is 1. The third kappa shape index (κ3) is 4.43. The summed E-state index contributed by atoms with van der Waals surface area (Å²) in [5, 5.41) is 1.14. The maximum Gasteiger partial charge on any atom is 0.416 e. The number of nitrogens with zero attached hydrogens (tertiary/aromatic N) is 4. The molecule has 1 aromatic heterocycles. The van der Waals surface area contributed by atoms with Crippen LogP contribution >= 0.6 is 0 Å². The third-order valence-corrected chi connectivity index (χ3v) is 7.86. The highest BCUT2D eigenvalue weighted by Gasteiger charge is 2.39. The largest absolute Gasteiger partial charge is 0.416 e. The second-order valence-corrected chi connectivity index (χ2v) is 10.3. The molecule has 1 atom stereocenters. The highest BCUT2D eigenvalue weighted by atomic mass is 19.4. The minimum absolute atomic E-state index is 0.00944. The summed E-state index contributed by atoms with van der Waals surface area (Å²) in [6.45, 7) is 5.37. The van der Waals surface area contributed by atoms with Crippen LogP contribution in [0.4, 0.5) is 28.9 Å². The molecule has 1 unspecified atom stereocenters. The zero-order chi connectivity index (χ0) is 28.2. The lowest BCUT2D eigenvalue weighted by Crippen LogP contribution is -2.50. The second-order valence-electron chi connectivity index (χ2n) is 10.3. The van der Waals surface area contributed by atoms with Crippen LogP contribution in [0, 0.1) is 12.7 Å². The van der Waals surface area contributed by atoms with Gasteiger partial charge in [0.25, 0.3) is 0 Å². The number of carbonyl (C=O) groups excluding carboxylic acids is 1. The summed E-state index contributed by atoms with van der Waals surface area (Å²) < 4.78 is 58.8. The molecule has 2 aliphatic heterocycles. The van der Waals surface area contributed by atoms with Gasteiger partial charge in [-0.3, -0.25) is 4.79 Å². The highest BCUT2D eigenvalue weighted by molar-refractivity contribution is 6.01. The summed E-state index contributed by atoms with van der Waals surface area (Å²) in [6.07, 6.45) is -4.28. The Morgan fingerprint density at radius 3 is 2.58 bits per heavy atom. The Kier molecular flexibility index (Phi) is 6.40. The van der Waals surface area contributed by atoms with E-state index < -0.39 is 23.6 Å². The third-order valence-electron chi connectivity index (χ3n) is 7.86. The molecule has 0 N–H and O–H groups in total. The van der Waals surface area contributed by atoms with Crippen molar-refractivity contribution in [2.45, 2.75) is 52.0 Å². The van der Waals surface area contributed by atoms with Crippen molar-refractivity contribution in [3.63, 3.8) is 0 Å². The number of para-hydroxylation sites is 1. The number of aryl methyl sites for hydroxylation is 1. The van der Waals surface area contributed by atoms with Crippen LogP contribution in [0.5, 0.6) is 0 Å². The van der Waals surface area contributed by atoms with E-state index in [9.17, 15) is 18.0 Å². The van der Waals surface area contributed by atoms with Gasteiger partial charge in [-0.2, -0.15) is 13.2 Å². The van der Waals surface area contributed by atoms with Gasteiger partial charge in [-0.1, -0.05) is 37.3 Å². The number of aromatic nitrogens is 1. The van der Waals surface area contributed by atoms with Crippen LogP contribution in [0.2, 0.25) is 0 Å². The van der Waals surface area contributed by atoms with Crippen LogP contribution in [0.1, 0.15) is 48.2 Å². The maximum atomic E-state index is 15.2. The average Bonchev–Trinajstić information content (AvgIpc) is 3.32. The van der Waals surface area contributed by atoms with Crippen LogP contribution in [0.3, 0.4) is 0 Å². The minimum Gasteiger partial charge on any atom is -0.341 e. The lowest BCUT2D eigenvalue weighted by molar-refractivity contribution is -0.137. The molecule has 0 radical (unpaired) electrons. The van der Waals surface area contributed by atoms with Crippen molar-refractivity contribution in [1.82, 2.24) is 9.47 Å². The van der Waals surface area contributed by atoms with Crippen molar-refractivity contribution < 1.29 is 22.4 Å². The quantitative estimate of drug-likeness (QED) is 0.248. The summed E-state index contributed by atoms with van der Waals surface area (Å²) in [7, 11) is 0. The number of anilines is 1. The molecule has 3 heterocycles. The van der Waals surface area contributed by atoms with Crippen LogP contribution in [-0.4, -0.2) is 27.8 Å². The number of guanidine groups is 1. The zero-order valence-corrected chi connectivity index (χ0v) is 22.2. The van der Waals surface area contributed by atoms with Gasteiger partial charge >= 0.3 is 6.18 Å². The molecule has 0 fully saturated rings. The Labute approximate surface area is 229 Å². The van der Waals surface area contributed by atoms with Crippen LogP contribution in [0.15, 0.2) is 71.7 Å². The fourth-order valence-electron chi connectivity index (χ4n) is 5.81. The molecule has 0 saturated carbocycles. The lowest BCUT2D eigenvalue weighted by atomic mass is 9.94. The number of hydrogen-bond acceptors (Lipinski definition) is 4. The predicted octanol–water partition coefficient (Wildman–Crippen LogP) is 7.54. The standard InChI is InChI=1S/C31H28F4N4O/c1-3-23(40)17-28-24-10-6-11-26(32)29(24)36-30(39(28)21-9-5-8-20(15-21)31(33,34)35)37-13-14-38-22(18-37)16-25-19(2)7-4-12-27(25)38/h4-12,15-16,28H,3,13-14,17-18H2,1-2H3. The fourth-order valence-corrected chi connectivity index (χ4v) is 5.81. The van der Waals surface area contributed by atoms with E-state index in [1.54, 1.807) is 30.0 Å². The van der Waals surface area contributed by atoms with Crippen molar-refractivity contribution in [1.29, 1.82) is 0 Å². The number of aliphatic imine (C=N–C) groups is 1. The number of alkyl halides is 3. The second kappa shape index (κ2) is 9.80. The molecule has 2 aliphatic rings. The van der Waals surface area contributed by atoms with Gasteiger partial charge in [0.1, 0.15) is 17.3 Å². The van der Waals surface area contributed by atoms with Crippen molar-refractivity contribution in [2.75, 3.05) is 11.4 Å². The predicted molar refractivity (Wildman–Crippen MR) is 147 cm³/mol. The normalized spacial score (nSPS) is 17.1. The average molecular weight is 549 g/mol. The Balaban J connectivity index is 1.51. The molecule has 9 heteroatoms. The zero-order valence-electron chi connectivity index (χ0n) is 22.2. The molecule has 5 nitrogen and oxygen atoms in total. The molecular weight excluding hydrogens is 520 g/mol. The van der Waals surface area contributed by atoms with Gasteiger partial charge in [0.15, 0.2) is 0 Å². The molecule has 40 heavy (non-hydrogen) atoms. The number of hydrogen-bond donors (Lipinski definition) is 0. The van der Waals surface area contributed by atoms with Crippen molar-refractivity contribution in [3.8, 4) is 0 Å².